The standard InChI is InChI=1S/C16H17NO2/c1-19-16(7-3-8-16)10-15(18)13-5-2-4-12-6-9-17-11-14(12)13/h2,4-6,9,11H,3,7-8,10H2,1H3. The number of hydrogen-bond donors (Lipinski definition) is 0. The zero-order valence-electron chi connectivity index (χ0n) is 11.1. The third-order valence-electron chi connectivity index (χ3n) is 4.16. The van der Waals surface area contributed by atoms with Crippen LogP contribution in [0.25, 0.3) is 10.8 Å². The van der Waals surface area contributed by atoms with Crippen LogP contribution in [0.2, 0.25) is 0 Å². The summed E-state index contributed by atoms with van der Waals surface area (Å²) in [6.45, 7) is 0. The van der Waals surface area contributed by atoms with Crippen LogP contribution in [0.3, 0.4) is 0 Å². The number of nitrogens with zero attached hydrogens (tertiary/aromatic N) is 1. The van der Waals surface area contributed by atoms with E-state index in [0.717, 1.165) is 35.6 Å². The van der Waals surface area contributed by atoms with Crippen LogP contribution in [0.5, 0.6) is 0 Å². The molecule has 0 unspecified atom stereocenters. The highest BCUT2D eigenvalue weighted by molar-refractivity contribution is 6.08. The lowest BCUT2D eigenvalue weighted by Gasteiger charge is -2.40. The van der Waals surface area contributed by atoms with E-state index in [1.54, 1.807) is 19.5 Å². The van der Waals surface area contributed by atoms with Crippen LogP contribution in [-0.2, 0) is 4.74 Å². The predicted octanol–water partition coefficient (Wildman–Crippen LogP) is 3.38. The fourth-order valence-electron chi connectivity index (χ4n) is 2.77. The first-order chi connectivity index (χ1) is 9.24. The van der Waals surface area contributed by atoms with Crippen LogP contribution in [0.1, 0.15) is 36.0 Å². The molecule has 0 aliphatic heterocycles. The molecule has 1 heterocycles. The summed E-state index contributed by atoms with van der Waals surface area (Å²) in [6.07, 6.45) is 7.11. The van der Waals surface area contributed by atoms with Gasteiger partial charge in [0.2, 0.25) is 0 Å². The van der Waals surface area contributed by atoms with E-state index >= 15 is 0 Å². The SMILES string of the molecule is COC1(CC(=O)c2cccc3ccncc23)CCC1. The average molecular weight is 255 g/mol. The van der Waals surface area contributed by atoms with E-state index in [4.69, 9.17) is 4.74 Å². The van der Waals surface area contributed by atoms with E-state index in [2.05, 4.69) is 4.98 Å². The van der Waals surface area contributed by atoms with E-state index in [1.165, 1.54) is 0 Å². The molecule has 1 aromatic carbocycles. The molecule has 0 amide bonds. The Bertz CT molecular complexity index is 606. The Morgan fingerprint density at radius 1 is 1.37 bits per heavy atom. The van der Waals surface area contributed by atoms with Crippen molar-refractivity contribution in [2.24, 2.45) is 0 Å². The molecule has 0 bridgehead atoms. The normalized spacial score (nSPS) is 17.1. The summed E-state index contributed by atoms with van der Waals surface area (Å²) in [5, 5.41) is 1.99. The molecule has 1 aliphatic rings. The Morgan fingerprint density at radius 2 is 2.21 bits per heavy atom. The quantitative estimate of drug-likeness (QED) is 0.786. The third kappa shape index (κ3) is 2.15. The number of aromatic nitrogens is 1. The summed E-state index contributed by atoms with van der Waals surface area (Å²) < 4.78 is 5.54. The number of ether oxygens (including phenoxy) is 1. The van der Waals surface area contributed by atoms with E-state index in [1.807, 2.05) is 24.3 Å². The smallest absolute Gasteiger partial charge is 0.166 e. The van der Waals surface area contributed by atoms with Crippen molar-refractivity contribution in [3.63, 3.8) is 0 Å². The number of benzene rings is 1. The second kappa shape index (κ2) is 4.74. The molecule has 0 radical (unpaired) electrons. The van der Waals surface area contributed by atoms with E-state index < -0.39 is 0 Å². The zero-order chi connectivity index (χ0) is 13.3. The van der Waals surface area contributed by atoms with Crippen molar-refractivity contribution in [1.29, 1.82) is 0 Å². The molecule has 1 fully saturated rings. The lowest BCUT2D eigenvalue weighted by molar-refractivity contribution is -0.0704. The molecule has 1 saturated carbocycles. The highest BCUT2D eigenvalue weighted by Gasteiger charge is 2.39. The third-order valence-corrected chi connectivity index (χ3v) is 4.16. The molecule has 2 aromatic rings. The number of hydrogen-bond acceptors (Lipinski definition) is 3. The summed E-state index contributed by atoms with van der Waals surface area (Å²) in [5.74, 6) is 0.153. The minimum absolute atomic E-state index is 0.153. The Morgan fingerprint density at radius 3 is 2.89 bits per heavy atom. The van der Waals surface area contributed by atoms with Gasteiger partial charge in [-0.25, -0.2) is 0 Å². The summed E-state index contributed by atoms with van der Waals surface area (Å²) in [4.78, 5) is 16.6. The molecule has 3 heteroatoms. The van der Waals surface area contributed by atoms with E-state index in [9.17, 15) is 4.79 Å². The number of methoxy groups -OCH3 is 1. The second-order valence-electron chi connectivity index (χ2n) is 5.24. The largest absolute Gasteiger partial charge is 0.378 e. The number of Topliss-reactive ketones (excluding diaryl/α,β-unsaturated/α-hetero) is 1. The number of ketones is 1. The van der Waals surface area contributed by atoms with Gasteiger partial charge >= 0.3 is 0 Å². The maximum absolute atomic E-state index is 12.5. The topological polar surface area (TPSA) is 39.2 Å². The lowest BCUT2D eigenvalue weighted by atomic mass is 9.75. The Hall–Kier alpha value is -1.74. The second-order valence-corrected chi connectivity index (χ2v) is 5.24. The molecule has 98 valence electrons. The molecular formula is C16H17NO2. The average Bonchev–Trinajstić information content (AvgIpc) is 2.42. The van der Waals surface area contributed by atoms with Crippen LogP contribution in [0, 0.1) is 0 Å². The molecule has 1 aliphatic carbocycles. The van der Waals surface area contributed by atoms with Gasteiger partial charge in [-0.15, -0.1) is 0 Å². The van der Waals surface area contributed by atoms with Crippen molar-refractivity contribution < 1.29 is 9.53 Å². The van der Waals surface area contributed by atoms with Crippen LogP contribution < -0.4 is 0 Å². The van der Waals surface area contributed by atoms with Gasteiger partial charge in [-0.1, -0.05) is 18.2 Å². The van der Waals surface area contributed by atoms with Crippen LogP contribution in [0.4, 0.5) is 0 Å². The van der Waals surface area contributed by atoms with Crippen molar-refractivity contribution >= 4 is 16.6 Å². The van der Waals surface area contributed by atoms with Crippen molar-refractivity contribution in [3.8, 4) is 0 Å². The molecule has 0 N–H and O–H groups in total. The van der Waals surface area contributed by atoms with E-state index in [-0.39, 0.29) is 11.4 Å². The Kier molecular flexibility index (Phi) is 3.07. The molecule has 0 atom stereocenters. The summed E-state index contributed by atoms with van der Waals surface area (Å²) >= 11 is 0. The summed E-state index contributed by atoms with van der Waals surface area (Å²) in [5.41, 5.74) is 0.537. The van der Waals surface area contributed by atoms with Gasteiger partial charge in [0.15, 0.2) is 5.78 Å². The fourth-order valence-corrected chi connectivity index (χ4v) is 2.77. The van der Waals surface area contributed by atoms with Crippen molar-refractivity contribution in [2.75, 3.05) is 7.11 Å². The molecule has 3 nitrogen and oxygen atoms in total. The molecule has 1 aromatic heterocycles. The van der Waals surface area contributed by atoms with Gasteiger partial charge in [0.25, 0.3) is 0 Å². The van der Waals surface area contributed by atoms with Gasteiger partial charge in [0.1, 0.15) is 0 Å². The molecule has 0 saturated heterocycles. The molecule has 0 spiro atoms. The number of carbonyl (C=O) groups excluding carboxylic acids is 1. The van der Waals surface area contributed by atoms with Gasteiger partial charge in [0.05, 0.1) is 5.60 Å². The molecule has 19 heavy (non-hydrogen) atoms. The minimum Gasteiger partial charge on any atom is -0.378 e. The first kappa shape index (κ1) is 12.3. The first-order valence-corrected chi connectivity index (χ1v) is 6.65. The van der Waals surface area contributed by atoms with Crippen molar-refractivity contribution in [2.45, 2.75) is 31.3 Å². The fraction of sp³-hybridized carbons (Fsp3) is 0.375. The number of pyridine rings is 1. The Balaban J connectivity index is 1.93. The Labute approximate surface area is 112 Å². The maximum atomic E-state index is 12.5. The van der Waals surface area contributed by atoms with Gasteiger partial charge in [-0.05, 0) is 30.7 Å². The van der Waals surface area contributed by atoms with Gasteiger partial charge < -0.3 is 4.74 Å². The van der Waals surface area contributed by atoms with Gasteiger partial charge in [-0.3, -0.25) is 9.78 Å². The van der Waals surface area contributed by atoms with Crippen molar-refractivity contribution in [3.05, 3.63) is 42.2 Å². The number of rotatable bonds is 4. The number of carbonyl (C=O) groups is 1. The van der Waals surface area contributed by atoms with Crippen LogP contribution >= 0.6 is 0 Å². The van der Waals surface area contributed by atoms with Crippen LogP contribution in [-0.4, -0.2) is 23.5 Å². The summed E-state index contributed by atoms with van der Waals surface area (Å²) in [7, 11) is 1.71. The first-order valence-electron chi connectivity index (χ1n) is 6.65. The van der Waals surface area contributed by atoms with Gasteiger partial charge in [0, 0.05) is 36.9 Å². The lowest BCUT2D eigenvalue weighted by Crippen LogP contribution is -2.41. The number of fused-ring (bicyclic) bond motifs is 1. The van der Waals surface area contributed by atoms with Crippen LogP contribution in [0.15, 0.2) is 36.7 Å². The molecular weight excluding hydrogens is 238 g/mol. The van der Waals surface area contributed by atoms with Crippen molar-refractivity contribution in [1.82, 2.24) is 4.98 Å². The monoisotopic (exact) mass is 255 g/mol. The molecule has 3 rings (SSSR count). The maximum Gasteiger partial charge on any atom is 0.166 e. The van der Waals surface area contributed by atoms with E-state index in [0.29, 0.717) is 6.42 Å². The zero-order valence-corrected chi connectivity index (χ0v) is 11.1. The summed E-state index contributed by atoms with van der Waals surface area (Å²) in [6, 6.07) is 7.75. The highest BCUT2D eigenvalue weighted by atomic mass is 16.5. The highest BCUT2D eigenvalue weighted by Crippen LogP contribution is 2.39. The minimum atomic E-state index is -0.221. The predicted molar refractivity (Wildman–Crippen MR) is 74.3 cm³/mol. The van der Waals surface area contributed by atoms with Gasteiger partial charge in [-0.2, -0.15) is 0 Å².